The van der Waals surface area contributed by atoms with Gasteiger partial charge in [0.15, 0.2) is 0 Å². The van der Waals surface area contributed by atoms with Gasteiger partial charge in [-0.1, -0.05) is 0 Å². The molecule has 7 nitrogen and oxygen atoms in total. The van der Waals surface area contributed by atoms with Crippen molar-refractivity contribution in [3.05, 3.63) is 0 Å². The maximum absolute atomic E-state index is 8.60. The molecule has 1 aliphatic rings. The summed E-state index contributed by atoms with van der Waals surface area (Å²) in [7, 11) is 1.91. The van der Waals surface area contributed by atoms with E-state index in [1.165, 1.54) is 39.3 Å². The normalized spacial score (nSPS) is 22.1. The van der Waals surface area contributed by atoms with Crippen molar-refractivity contribution in [3.8, 4) is 0 Å². The van der Waals surface area contributed by atoms with Crippen molar-refractivity contribution in [2.24, 2.45) is 0 Å². The van der Waals surface area contributed by atoms with Gasteiger partial charge in [-0.3, -0.25) is 0 Å². The van der Waals surface area contributed by atoms with Crippen LogP contribution in [0.25, 0.3) is 0 Å². The van der Waals surface area contributed by atoms with Gasteiger partial charge >= 0.3 is 0 Å². The van der Waals surface area contributed by atoms with Crippen LogP contribution < -0.4 is 14.0 Å². The standard InChI is InChI=1S/C9H21N3.ClHO4/c1-10-4-6-11(2)8-9-12(3)7-5-10;2-1(3,4)5/h4-9H2,1-3H3;(H,2,3,4,5). The van der Waals surface area contributed by atoms with Gasteiger partial charge in [0.2, 0.25) is 0 Å². The van der Waals surface area contributed by atoms with Gasteiger partial charge in [0.1, 0.15) is 0 Å². The average molecular weight is 272 g/mol. The van der Waals surface area contributed by atoms with Crippen molar-refractivity contribution in [1.82, 2.24) is 14.7 Å². The summed E-state index contributed by atoms with van der Waals surface area (Å²) in [6, 6.07) is 0. The first-order chi connectivity index (χ1) is 7.68. The zero-order valence-corrected chi connectivity index (χ0v) is 11.4. The van der Waals surface area contributed by atoms with Crippen LogP contribution in [-0.4, -0.2) is 79.8 Å². The number of rotatable bonds is 0. The lowest BCUT2D eigenvalue weighted by Crippen LogP contribution is -2.58. The predicted octanol–water partition coefficient (Wildman–Crippen LogP) is -4.33. The molecule has 0 atom stereocenters. The van der Waals surface area contributed by atoms with Crippen molar-refractivity contribution < 1.29 is 28.9 Å². The van der Waals surface area contributed by atoms with Gasteiger partial charge in [0, 0.05) is 39.3 Å². The first-order valence-corrected chi connectivity index (χ1v) is 6.63. The van der Waals surface area contributed by atoms with Crippen molar-refractivity contribution >= 4 is 0 Å². The van der Waals surface area contributed by atoms with Crippen LogP contribution in [0, 0.1) is 10.2 Å². The first kappa shape index (κ1) is 17.0. The molecule has 1 heterocycles. The van der Waals surface area contributed by atoms with Crippen LogP contribution in [0.1, 0.15) is 0 Å². The van der Waals surface area contributed by atoms with E-state index in [1.807, 2.05) is 0 Å². The predicted molar refractivity (Wildman–Crippen MR) is 54.7 cm³/mol. The molecule has 1 saturated heterocycles. The molecule has 0 aromatic carbocycles. The number of hydrogen-bond donors (Lipinski definition) is 1. The Morgan fingerprint density at radius 1 is 0.706 bits per heavy atom. The molecule has 0 radical (unpaired) electrons. The molecule has 1 aliphatic heterocycles. The number of nitrogens with zero attached hydrogens (tertiary/aromatic N) is 3. The second kappa shape index (κ2) is 8.17. The molecule has 104 valence electrons. The summed E-state index contributed by atoms with van der Waals surface area (Å²) in [5.41, 5.74) is 0. The molecule has 0 unspecified atom stereocenters. The quantitative estimate of drug-likeness (QED) is 0.476. The van der Waals surface area contributed by atoms with Crippen LogP contribution >= 0.6 is 0 Å². The molecular weight excluding hydrogens is 250 g/mol. The Labute approximate surface area is 105 Å². The molecule has 17 heavy (non-hydrogen) atoms. The van der Waals surface area contributed by atoms with E-state index in [1.54, 1.807) is 0 Å². The van der Waals surface area contributed by atoms with Crippen LogP contribution in [0.3, 0.4) is 0 Å². The van der Waals surface area contributed by atoms with Crippen LogP contribution in [-0.2, 0) is 0 Å². The highest BCUT2D eigenvalue weighted by Crippen LogP contribution is 1.93. The minimum atomic E-state index is -4.69. The summed E-state index contributed by atoms with van der Waals surface area (Å²) < 4.78 is 32.7. The maximum atomic E-state index is 8.60. The molecule has 1 N–H and O–H groups in total. The van der Waals surface area contributed by atoms with Crippen LogP contribution in [0.5, 0.6) is 0 Å². The Bertz CT molecular complexity index is 161. The summed E-state index contributed by atoms with van der Waals surface area (Å²) >= 11 is 0. The van der Waals surface area contributed by atoms with Gasteiger partial charge in [-0.15, -0.1) is 0 Å². The Morgan fingerprint density at radius 2 is 0.824 bits per heavy atom. The van der Waals surface area contributed by atoms with E-state index in [-0.39, 0.29) is 0 Å². The van der Waals surface area contributed by atoms with Gasteiger partial charge in [0.05, 0.1) is 14.9 Å². The first-order valence-electron chi connectivity index (χ1n) is 5.37. The fraction of sp³-hybridized carbons (Fsp3) is 1.00. The second-order valence-corrected chi connectivity index (χ2v) is 5.10. The fourth-order valence-electron chi connectivity index (χ4n) is 1.36. The summed E-state index contributed by atoms with van der Waals surface area (Å²) in [5.74, 6) is 0. The molecule has 1 rings (SSSR count). The van der Waals surface area contributed by atoms with Gasteiger partial charge in [-0.25, -0.2) is 0 Å². The number of halogens is 1. The Balaban J connectivity index is 0.000000437. The van der Waals surface area contributed by atoms with Gasteiger partial charge in [-0.2, -0.15) is 14.0 Å². The average Bonchev–Trinajstić information content (AvgIpc) is 2.22. The zero-order valence-electron chi connectivity index (χ0n) is 10.6. The van der Waals surface area contributed by atoms with Crippen LogP contribution in [0.15, 0.2) is 0 Å². The van der Waals surface area contributed by atoms with Gasteiger partial charge < -0.3 is 14.7 Å². The Morgan fingerprint density at radius 3 is 0.941 bits per heavy atom. The van der Waals surface area contributed by atoms with E-state index in [4.69, 9.17) is 18.6 Å². The van der Waals surface area contributed by atoms with E-state index < -0.39 is 10.2 Å². The molecule has 0 aromatic rings. The molecule has 0 aliphatic carbocycles. The van der Waals surface area contributed by atoms with Crippen molar-refractivity contribution in [3.63, 3.8) is 0 Å². The molecule has 0 bridgehead atoms. The molecular formula is C9H22ClN3O4. The molecule has 0 spiro atoms. The highest BCUT2D eigenvalue weighted by molar-refractivity contribution is 4.64. The van der Waals surface area contributed by atoms with E-state index in [9.17, 15) is 0 Å². The van der Waals surface area contributed by atoms with Crippen molar-refractivity contribution in [2.75, 3.05) is 60.4 Å². The van der Waals surface area contributed by atoms with Crippen LogP contribution in [0.2, 0.25) is 0 Å². The third kappa shape index (κ3) is 13.9. The zero-order chi connectivity index (χ0) is 13.5. The number of likely N-dealkylation sites (N-methyl/N-ethyl adjacent to an activating group) is 3. The van der Waals surface area contributed by atoms with E-state index in [0.717, 1.165) is 0 Å². The fourth-order valence-corrected chi connectivity index (χ4v) is 1.36. The topological polar surface area (TPSA) is 99.1 Å². The summed E-state index contributed by atoms with van der Waals surface area (Å²) in [4.78, 5) is 7.20. The SMILES string of the molecule is CN1CCN(C)CCN(C)CC1.[O-][Cl+3]([O-])([O-])O. The highest BCUT2D eigenvalue weighted by Gasteiger charge is 2.08. The molecule has 8 heteroatoms. The van der Waals surface area contributed by atoms with Gasteiger partial charge in [-0.05, 0) is 21.1 Å². The lowest BCUT2D eigenvalue weighted by Gasteiger charge is -2.18. The molecule has 1 fully saturated rings. The second-order valence-electron chi connectivity index (χ2n) is 4.31. The summed E-state index contributed by atoms with van der Waals surface area (Å²) in [6.07, 6.45) is 0. The van der Waals surface area contributed by atoms with Gasteiger partial charge in [0.25, 0.3) is 0 Å². The molecule has 0 saturated carbocycles. The third-order valence-electron chi connectivity index (χ3n) is 2.59. The number of hydrogen-bond acceptors (Lipinski definition) is 7. The third-order valence-corrected chi connectivity index (χ3v) is 2.59. The smallest absolute Gasteiger partial charge is 0.0777 e. The summed E-state index contributed by atoms with van der Waals surface area (Å²) in [5, 5.41) is 0. The monoisotopic (exact) mass is 271 g/mol. The van der Waals surface area contributed by atoms with E-state index in [2.05, 4.69) is 35.8 Å². The molecule has 0 aromatic heterocycles. The van der Waals surface area contributed by atoms with Crippen LogP contribution in [0.4, 0.5) is 0 Å². The minimum Gasteiger partial charge on any atom is -0.304 e. The highest BCUT2D eigenvalue weighted by atomic mass is 35.7. The van der Waals surface area contributed by atoms with Crippen molar-refractivity contribution in [2.45, 2.75) is 0 Å². The minimum absolute atomic E-state index is 1.20. The maximum Gasteiger partial charge on any atom is 0.0777 e. The lowest BCUT2D eigenvalue weighted by molar-refractivity contribution is -1.92. The Hall–Kier alpha value is 0.01000. The molecule has 0 amide bonds. The summed E-state index contributed by atoms with van der Waals surface area (Å²) in [6.45, 7) is 7.19. The van der Waals surface area contributed by atoms with E-state index in [0.29, 0.717) is 0 Å². The van der Waals surface area contributed by atoms with Crippen molar-refractivity contribution in [1.29, 1.82) is 0 Å². The van der Waals surface area contributed by atoms with E-state index >= 15 is 0 Å². The largest absolute Gasteiger partial charge is 0.304 e. The Kier molecular flexibility index (Phi) is 8.18. The lowest BCUT2D eigenvalue weighted by atomic mass is 10.5.